The largest absolute Gasteiger partial charge is 0.353 e. The zero-order valence-electron chi connectivity index (χ0n) is 19.6. The molecule has 8 nitrogen and oxygen atoms in total. The highest BCUT2D eigenvalue weighted by Crippen LogP contribution is 2.21. The Kier molecular flexibility index (Phi) is 6.69. The summed E-state index contributed by atoms with van der Waals surface area (Å²) in [5.41, 5.74) is 4.26. The summed E-state index contributed by atoms with van der Waals surface area (Å²) < 4.78 is 2.06. The van der Waals surface area contributed by atoms with Crippen molar-refractivity contribution in [1.29, 1.82) is 0 Å². The third-order valence-corrected chi connectivity index (χ3v) is 6.12. The van der Waals surface area contributed by atoms with E-state index in [4.69, 9.17) is 9.97 Å². The Bertz CT molecular complexity index is 1090. The molecular weight excluding hydrogens is 402 g/mol. The predicted molar refractivity (Wildman–Crippen MR) is 126 cm³/mol. The van der Waals surface area contributed by atoms with Gasteiger partial charge in [-0.15, -0.1) is 0 Å². The number of imidazole rings is 1. The summed E-state index contributed by atoms with van der Waals surface area (Å²) in [4.78, 5) is 33.6. The highest BCUT2D eigenvalue weighted by molar-refractivity contribution is 5.94. The Morgan fingerprint density at radius 3 is 2.66 bits per heavy atom. The molecule has 0 unspecified atom stereocenters. The summed E-state index contributed by atoms with van der Waals surface area (Å²) in [7, 11) is 1.87. The van der Waals surface area contributed by atoms with Crippen LogP contribution >= 0.6 is 0 Å². The van der Waals surface area contributed by atoms with Crippen molar-refractivity contribution in [3.63, 3.8) is 0 Å². The van der Waals surface area contributed by atoms with Gasteiger partial charge in [-0.3, -0.25) is 14.7 Å². The second-order valence-electron chi connectivity index (χ2n) is 8.60. The SMILES string of the molecule is CCCCN(C)C(=O)c1nc2ccccn2c1CN1CCN(c2nc(C)cnc2C)CC1. The van der Waals surface area contributed by atoms with Crippen LogP contribution in [0.25, 0.3) is 5.65 Å². The first-order valence-electron chi connectivity index (χ1n) is 11.5. The van der Waals surface area contributed by atoms with Gasteiger partial charge < -0.3 is 14.2 Å². The highest BCUT2D eigenvalue weighted by Gasteiger charge is 2.26. The van der Waals surface area contributed by atoms with Gasteiger partial charge in [0.2, 0.25) is 0 Å². The van der Waals surface area contributed by atoms with Gasteiger partial charge in [0, 0.05) is 58.7 Å². The Labute approximate surface area is 189 Å². The second kappa shape index (κ2) is 9.65. The molecule has 32 heavy (non-hydrogen) atoms. The Hall–Kier alpha value is -3.00. The first kappa shape index (κ1) is 22.2. The summed E-state index contributed by atoms with van der Waals surface area (Å²) in [6.07, 6.45) is 5.87. The third kappa shape index (κ3) is 4.60. The van der Waals surface area contributed by atoms with Crippen molar-refractivity contribution in [1.82, 2.24) is 29.2 Å². The molecule has 4 rings (SSSR count). The summed E-state index contributed by atoms with van der Waals surface area (Å²) >= 11 is 0. The Balaban J connectivity index is 1.52. The van der Waals surface area contributed by atoms with E-state index in [1.165, 1.54) is 0 Å². The molecule has 1 aliphatic rings. The molecule has 170 valence electrons. The Morgan fingerprint density at radius 2 is 1.91 bits per heavy atom. The summed E-state index contributed by atoms with van der Waals surface area (Å²) in [6, 6.07) is 5.92. The number of unbranched alkanes of at least 4 members (excludes halogenated alkanes) is 1. The van der Waals surface area contributed by atoms with E-state index < -0.39 is 0 Å². The van der Waals surface area contributed by atoms with E-state index in [1.807, 2.05) is 51.5 Å². The summed E-state index contributed by atoms with van der Waals surface area (Å²) in [6.45, 7) is 11.1. The van der Waals surface area contributed by atoms with Gasteiger partial charge in [-0.2, -0.15) is 0 Å². The maximum Gasteiger partial charge on any atom is 0.274 e. The van der Waals surface area contributed by atoms with Gasteiger partial charge in [0.05, 0.1) is 17.1 Å². The first-order chi connectivity index (χ1) is 15.5. The van der Waals surface area contributed by atoms with E-state index in [0.717, 1.165) is 74.1 Å². The molecule has 0 radical (unpaired) electrons. The Morgan fingerprint density at radius 1 is 1.12 bits per heavy atom. The van der Waals surface area contributed by atoms with Crippen LogP contribution < -0.4 is 4.90 Å². The molecule has 0 bridgehead atoms. The fourth-order valence-corrected chi connectivity index (χ4v) is 4.20. The maximum absolute atomic E-state index is 13.2. The van der Waals surface area contributed by atoms with Gasteiger partial charge in [0.1, 0.15) is 11.5 Å². The van der Waals surface area contributed by atoms with Crippen LogP contribution in [0.4, 0.5) is 5.82 Å². The maximum atomic E-state index is 13.2. The lowest BCUT2D eigenvalue weighted by Crippen LogP contribution is -2.47. The summed E-state index contributed by atoms with van der Waals surface area (Å²) in [5, 5.41) is 0. The number of pyridine rings is 1. The van der Waals surface area contributed by atoms with Gasteiger partial charge in [-0.25, -0.2) is 9.97 Å². The standard InChI is InChI=1S/C24H33N7O/c1-5-6-10-28(4)24(32)22-20(31-11-8-7-9-21(31)27-22)17-29-12-14-30(15-13-29)23-19(3)25-16-18(2)26-23/h7-9,11,16H,5-6,10,12-15,17H2,1-4H3. The van der Waals surface area contributed by atoms with E-state index in [0.29, 0.717) is 12.2 Å². The van der Waals surface area contributed by atoms with E-state index in [2.05, 4.69) is 26.1 Å². The van der Waals surface area contributed by atoms with Crippen LogP contribution in [0, 0.1) is 13.8 Å². The van der Waals surface area contributed by atoms with Gasteiger partial charge in [-0.1, -0.05) is 19.4 Å². The molecule has 4 heterocycles. The average molecular weight is 436 g/mol. The summed E-state index contributed by atoms with van der Waals surface area (Å²) in [5.74, 6) is 0.981. The number of piperazine rings is 1. The average Bonchev–Trinajstić information content (AvgIpc) is 3.17. The number of fused-ring (bicyclic) bond motifs is 1. The number of aromatic nitrogens is 4. The quantitative estimate of drug-likeness (QED) is 0.568. The van der Waals surface area contributed by atoms with Crippen molar-refractivity contribution < 1.29 is 4.79 Å². The number of carbonyl (C=O) groups excluding carboxylic acids is 1. The number of anilines is 1. The van der Waals surface area contributed by atoms with Crippen molar-refractivity contribution in [2.75, 3.05) is 44.7 Å². The van der Waals surface area contributed by atoms with E-state index in [9.17, 15) is 4.79 Å². The normalized spacial score (nSPS) is 14.8. The van der Waals surface area contributed by atoms with Gasteiger partial charge in [-0.05, 0) is 32.4 Å². The lowest BCUT2D eigenvalue weighted by atomic mass is 10.2. The molecule has 1 amide bonds. The lowest BCUT2D eigenvalue weighted by molar-refractivity contribution is 0.0785. The number of rotatable bonds is 7. The molecule has 1 saturated heterocycles. The van der Waals surface area contributed by atoms with Crippen molar-refractivity contribution in [3.05, 3.63) is 53.4 Å². The van der Waals surface area contributed by atoms with Gasteiger partial charge >= 0.3 is 0 Å². The molecule has 0 atom stereocenters. The minimum Gasteiger partial charge on any atom is -0.353 e. The number of hydrogen-bond acceptors (Lipinski definition) is 6. The fourth-order valence-electron chi connectivity index (χ4n) is 4.20. The van der Waals surface area contributed by atoms with Crippen LogP contribution in [0.15, 0.2) is 30.6 Å². The van der Waals surface area contributed by atoms with Gasteiger partial charge in [0.25, 0.3) is 5.91 Å². The number of amides is 1. The van der Waals surface area contributed by atoms with Crippen LogP contribution in [0.3, 0.4) is 0 Å². The topological polar surface area (TPSA) is 69.9 Å². The number of hydrogen-bond donors (Lipinski definition) is 0. The predicted octanol–water partition coefficient (Wildman–Crippen LogP) is 2.94. The van der Waals surface area contributed by atoms with Crippen molar-refractivity contribution in [2.45, 2.75) is 40.2 Å². The zero-order valence-corrected chi connectivity index (χ0v) is 19.6. The lowest BCUT2D eigenvalue weighted by Gasteiger charge is -2.35. The van der Waals surface area contributed by atoms with E-state index in [-0.39, 0.29) is 5.91 Å². The molecule has 0 saturated carbocycles. The fraction of sp³-hybridized carbons (Fsp3) is 0.500. The molecule has 1 aliphatic heterocycles. The molecule has 8 heteroatoms. The van der Waals surface area contributed by atoms with Crippen molar-refractivity contribution >= 4 is 17.4 Å². The van der Waals surface area contributed by atoms with Crippen LogP contribution in [-0.4, -0.2) is 74.8 Å². The molecule has 0 aliphatic carbocycles. The third-order valence-electron chi connectivity index (χ3n) is 6.12. The van der Waals surface area contributed by atoms with Crippen LogP contribution in [-0.2, 0) is 6.54 Å². The smallest absolute Gasteiger partial charge is 0.274 e. The van der Waals surface area contributed by atoms with E-state index >= 15 is 0 Å². The molecule has 0 aromatic carbocycles. The zero-order chi connectivity index (χ0) is 22.7. The van der Waals surface area contributed by atoms with Crippen LogP contribution in [0.1, 0.15) is 47.3 Å². The van der Waals surface area contributed by atoms with Crippen molar-refractivity contribution in [3.8, 4) is 0 Å². The molecule has 3 aromatic rings. The van der Waals surface area contributed by atoms with Crippen LogP contribution in [0.2, 0.25) is 0 Å². The molecule has 0 N–H and O–H groups in total. The molecule has 3 aromatic heterocycles. The molecular formula is C24H33N7O. The number of carbonyl (C=O) groups is 1. The minimum atomic E-state index is 0.00134. The van der Waals surface area contributed by atoms with Gasteiger partial charge in [0.15, 0.2) is 5.69 Å². The highest BCUT2D eigenvalue weighted by atomic mass is 16.2. The van der Waals surface area contributed by atoms with E-state index in [1.54, 1.807) is 4.90 Å². The molecule has 0 spiro atoms. The van der Waals surface area contributed by atoms with Crippen molar-refractivity contribution in [2.24, 2.45) is 0 Å². The number of aryl methyl sites for hydroxylation is 2. The first-order valence-corrected chi connectivity index (χ1v) is 11.5. The minimum absolute atomic E-state index is 0.00134. The monoisotopic (exact) mass is 435 g/mol. The number of nitrogens with zero attached hydrogens (tertiary/aromatic N) is 7. The molecule has 1 fully saturated rings. The van der Waals surface area contributed by atoms with Crippen LogP contribution in [0.5, 0.6) is 0 Å². The second-order valence-corrected chi connectivity index (χ2v) is 8.60.